The molecule has 0 fully saturated rings. The summed E-state index contributed by atoms with van der Waals surface area (Å²) in [6, 6.07) is 24.0. The topological polar surface area (TPSA) is 79.5 Å². The lowest BCUT2D eigenvalue weighted by molar-refractivity contribution is -0.118. The van der Waals surface area contributed by atoms with Gasteiger partial charge in [-0.3, -0.25) is 10.1 Å². The number of anilines is 2. The number of urea groups is 1. The molecule has 3 aromatic carbocycles. The van der Waals surface area contributed by atoms with Crippen molar-refractivity contribution in [1.29, 1.82) is 0 Å². The minimum Gasteiger partial charge on any atom is -0.476 e. The molecule has 1 unspecified atom stereocenters. The van der Waals surface area contributed by atoms with Crippen LogP contribution in [0.1, 0.15) is 18.1 Å². The Balaban J connectivity index is 1.42. The van der Waals surface area contributed by atoms with Gasteiger partial charge in [0.2, 0.25) is 0 Å². The molecule has 0 saturated heterocycles. The fraction of sp³-hybridized carbons (Fsp3) is 0.200. The second-order valence-electron chi connectivity index (χ2n) is 7.26. The Morgan fingerprint density at radius 2 is 1.55 bits per heavy atom. The number of para-hydroxylation sites is 2. The van der Waals surface area contributed by atoms with Crippen LogP contribution < -0.4 is 20.7 Å². The van der Waals surface area contributed by atoms with E-state index in [1.54, 1.807) is 12.1 Å². The van der Waals surface area contributed by atoms with Crippen molar-refractivity contribution < 1.29 is 14.3 Å². The zero-order valence-corrected chi connectivity index (χ0v) is 17.7. The van der Waals surface area contributed by atoms with Crippen LogP contribution in [0.2, 0.25) is 0 Å². The maximum Gasteiger partial charge on any atom is 0.323 e. The third-order valence-corrected chi connectivity index (χ3v) is 4.65. The molecule has 0 aliphatic rings. The third kappa shape index (κ3) is 7.28. The molecule has 31 heavy (non-hydrogen) atoms. The molecular weight excluding hydrogens is 390 g/mol. The van der Waals surface area contributed by atoms with E-state index in [9.17, 15) is 9.59 Å². The van der Waals surface area contributed by atoms with Gasteiger partial charge >= 0.3 is 6.03 Å². The summed E-state index contributed by atoms with van der Waals surface area (Å²) >= 11 is 0. The molecule has 0 aliphatic carbocycles. The van der Waals surface area contributed by atoms with Gasteiger partial charge < -0.3 is 15.4 Å². The monoisotopic (exact) mass is 417 g/mol. The molecule has 0 heterocycles. The van der Waals surface area contributed by atoms with Crippen molar-refractivity contribution in [3.63, 3.8) is 0 Å². The fourth-order valence-electron chi connectivity index (χ4n) is 3.00. The zero-order valence-electron chi connectivity index (χ0n) is 17.7. The maximum absolute atomic E-state index is 12.3. The van der Waals surface area contributed by atoms with Gasteiger partial charge in [0.1, 0.15) is 12.0 Å². The van der Waals surface area contributed by atoms with Gasteiger partial charge in [-0.15, -0.1) is 0 Å². The highest BCUT2D eigenvalue weighted by atomic mass is 16.5. The molecule has 6 heteroatoms. The highest BCUT2D eigenvalue weighted by Crippen LogP contribution is 2.15. The number of Topliss-reactive ketones (excluding diaryl/α,β-unsaturated/α-hetero) is 1. The lowest BCUT2D eigenvalue weighted by Gasteiger charge is -2.15. The molecule has 1 atom stereocenters. The summed E-state index contributed by atoms with van der Waals surface area (Å²) in [7, 11) is 0. The lowest BCUT2D eigenvalue weighted by Crippen LogP contribution is -2.36. The molecule has 160 valence electrons. The standard InChI is InChI=1S/C25H27N3O3/c1-18-8-6-7-11-24(18)28-25(30)27-21-14-12-20(13-15-21)16-22(29)17-26-19(2)31-23-9-4-3-5-10-23/h3-15,19,26H,16-17H2,1-2H3,(H2,27,28,30). The van der Waals surface area contributed by atoms with E-state index in [1.807, 2.05) is 80.6 Å². The first-order valence-electron chi connectivity index (χ1n) is 10.2. The van der Waals surface area contributed by atoms with E-state index < -0.39 is 0 Å². The minimum absolute atomic E-state index is 0.0570. The normalized spacial score (nSPS) is 11.4. The molecule has 3 N–H and O–H groups in total. The van der Waals surface area contributed by atoms with Crippen LogP contribution >= 0.6 is 0 Å². The number of rotatable bonds is 9. The van der Waals surface area contributed by atoms with Crippen molar-refractivity contribution in [2.24, 2.45) is 0 Å². The number of hydrogen-bond acceptors (Lipinski definition) is 4. The number of ether oxygens (including phenoxy) is 1. The molecular formula is C25H27N3O3. The summed E-state index contributed by atoms with van der Waals surface area (Å²) in [4.78, 5) is 24.4. The second-order valence-corrected chi connectivity index (χ2v) is 7.26. The van der Waals surface area contributed by atoms with E-state index in [0.29, 0.717) is 12.1 Å². The largest absolute Gasteiger partial charge is 0.476 e. The van der Waals surface area contributed by atoms with Crippen LogP contribution in [0.3, 0.4) is 0 Å². The van der Waals surface area contributed by atoms with E-state index in [0.717, 1.165) is 22.6 Å². The maximum atomic E-state index is 12.3. The average Bonchev–Trinajstić information content (AvgIpc) is 2.76. The predicted molar refractivity (Wildman–Crippen MR) is 124 cm³/mol. The van der Waals surface area contributed by atoms with Gasteiger partial charge in [0.05, 0.1) is 6.54 Å². The molecule has 2 amide bonds. The Bertz CT molecular complexity index is 1000. The smallest absolute Gasteiger partial charge is 0.323 e. The van der Waals surface area contributed by atoms with Gasteiger partial charge in [0, 0.05) is 17.8 Å². The average molecular weight is 418 g/mol. The van der Waals surface area contributed by atoms with E-state index in [-0.39, 0.29) is 24.6 Å². The van der Waals surface area contributed by atoms with E-state index in [2.05, 4.69) is 16.0 Å². The van der Waals surface area contributed by atoms with Crippen LogP contribution in [0.15, 0.2) is 78.9 Å². The van der Waals surface area contributed by atoms with Crippen LogP contribution in [0.5, 0.6) is 5.75 Å². The molecule has 0 bridgehead atoms. The van der Waals surface area contributed by atoms with Crippen molar-refractivity contribution in [1.82, 2.24) is 5.32 Å². The first kappa shape index (κ1) is 22.1. The summed E-state index contributed by atoms with van der Waals surface area (Å²) in [5, 5.41) is 8.70. The van der Waals surface area contributed by atoms with Gasteiger partial charge in [-0.1, -0.05) is 48.5 Å². The Morgan fingerprint density at radius 3 is 2.26 bits per heavy atom. The lowest BCUT2D eigenvalue weighted by atomic mass is 10.1. The molecule has 0 saturated carbocycles. The Kier molecular flexibility index (Phi) is 7.79. The van der Waals surface area contributed by atoms with Crippen molar-refractivity contribution in [3.8, 4) is 5.75 Å². The Morgan fingerprint density at radius 1 is 0.871 bits per heavy atom. The van der Waals surface area contributed by atoms with Crippen LogP contribution in [0, 0.1) is 6.92 Å². The molecule has 6 nitrogen and oxygen atoms in total. The molecule has 0 aromatic heterocycles. The quantitative estimate of drug-likeness (QED) is 0.439. The molecule has 0 aliphatic heterocycles. The number of hydrogen-bond donors (Lipinski definition) is 3. The van der Waals surface area contributed by atoms with E-state index >= 15 is 0 Å². The summed E-state index contributed by atoms with van der Waals surface area (Å²) < 4.78 is 5.71. The first-order chi connectivity index (χ1) is 15.0. The first-order valence-corrected chi connectivity index (χ1v) is 10.2. The number of ketones is 1. The van der Waals surface area contributed by atoms with Crippen molar-refractivity contribution in [2.75, 3.05) is 17.2 Å². The number of benzene rings is 3. The van der Waals surface area contributed by atoms with Gasteiger partial charge in [-0.2, -0.15) is 0 Å². The number of nitrogens with one attached hydrogen (secondary N) is 3. The van der Waals surface area contributed by atoms with Crippen LogP contribution in [-0.2, 0) is 11.2 Å². The molecule has 0 spiro atoms. The van der Waals surface area contributed by atoms with Gasteiger partial charge in [-0.25, -0.2) is 4.79 Å². The molecule has 3 aromatic rings. The summed E-state index contributed by atoms with van der Waals surface area (Å²) in [6.45, 7) is 4.01. The van der Waals surface area contributed by atoms with Crippen molar-refractivity contribution in [2.45, 2.75) is 26.5 Å². The van der Waals surface area contributed by atoms with Gasteiger partial charge in [-0.05, 0) is 55.3 Å². The summed E-state index contributed by atoms with van der Waals surface area (Å²) in [6.07, 6.45) is 0.0329. The van der Waals surface area contributed by atoms with E-state index in [4.69, 9.17) is 4.74 Å². The van der Waals surface area contributed by atoms with Crippen LogP contribution in [-0.4, -0.2) is 24.6 Å². The van der Waals surface area contributed by atoms with Gasteiger partial charge in [0.15, 0.2) is 5.78 Å². The zero-order chi connectivity index (χ0) is 22.1. The number of amides is 2. The Hall–Kier alpha value is -3.64. The highest BCUT2D eigenvalue weighted by molar-refractivity contribution is 6.00. The predicted octanol–water partition coefficient (Wildman–Crippen LogP) is 4.77. The second kappa shape index (κ2) is 10.9. The summed E-state index contributed by atoms with van der Waals surface area (Å²) in [5.74, 6) is 0.811. The number of carbonyl (C=O) groups is 2. The minimum atomic E-state index is -0.310. The SMILES string of the molecule is Cc1ccccc1NC(=O)Nc1ccc(CC(=O)CNC(C)Oc2ccccc2)cc1. The molecule has 0 radical (unpaired) electrons. The molecule has 3 rings (SSSR count). The van der Waals surface area contributed by atoms with Crippen molar-refractivity contribution >= 4 is 23.2 Å². The van der Waals surface area contributed by atoms with Gasteiger partial charge in [0.25, 0.3) is 0 Å². The van der Waals surface area contributed by atoms with Crippen LogP contribution in [0.25, 0.3) is 0 Å². The van der Waals surface area contributed by atoms with Crippen molar-refractivity contribution in [3.05, 3.63) is 90.0 Å². The Labute approximate surface area is 182 Å². The fourth-order valence-corrected chi connectivity index (χ4v) is 3.00. The number of carbonyl (C=O) groups excluding carboxylic acids is 2. The van der Waals surface area contributed by atoms with Crippen LogP contribution in [0.4, 0.5) is 16.2 Å². The summed E-state index contributed by atoms with van der Waals surface area (Å²) in [5.41, 5.74) is 3.29. The van der Waals surface area contributed by atoms with E-state index in [1.165, 1.54) is 0 Å². The highest BCUT2D eigenvalue weighted by Gasteiger charge is 2.09. The third-order valence-electron chi connectivity index (χ3n) is 4.65. The number of aryl methyl sites for hydroxylation is 1.